The molecule has 3 nitrogen and oxygen atoms in total. The van der Waals surface area contributed by atoms with Gasteiger partial charge in [0.1, 0.15) is 0 Å². The summed E-state index contributed by atoms with van der Waals surface area (Å²) < 4.78 is 13.6. The Labute approximate surface area is 106 Å². The molecule has 2 rings (SSSR count). The van der Waals surface area contributed by atoms with Crippen molar-refractivity contribution in [3.8, 4) is 0 Å². The molecule has 1 aliphatic rings. The van der Waals surface area contributed by atoms with Crippen molar-refractivity contribution in [2.24, 2.45) is 5.73 Å². The van der Waals surface area contributed by atoms with E-state index in [1.54, 1.807) is 0 Å². The van der Waals surface area contributed by atoms with Gasteiger partial charge in [0.25, 0.3) is 0 Å². The van der Waals surface area contributed by atoms with Gasteiger partial charge in [-0.1, -0.05) is 30.9 Å². The largest absolute Gasteiger partial charge is 0.363 e. The van der Waals surface area contributed by atoms with Gasteiger partial charge in [-0.15, -0.1) is 0 Å². The van der Waals surface area contributed by atoms with E-state index in [2.05, 4.69) is 10.3 Å². The lowest BCUT2D eigenvalue weighted by molar-refractivity contribution is 0.521. The second-order valence-corrected chi connectivity index (χ2v) is 4.97. The average Bonchev–Trinajstić information content (AvgIpc) is 2.48. The molecule has 0 amide bonds. The van der Waals surface area contributed by atoms with Crippen molar-refractivity contribution in [2.75, 3.05) is 5.32 Å². The van der Waals surface area contributed by atoms with Crippen LogP contribution in [0, 0.1) is 5.82 Å². The molecule has 1 aliphatic carbocycles. The van der Waals surface area contributed by atoms with Crippen molar-refractivity contribution < 1.29 is 4.39 Å². The van der Waals surface area contributed by atoms with Crippen LogP contribution in [-0.4, -0.2) is 17.1 Å². The third-order valence-corrected chi connectivity index (χ3v) is 3.41. The van der Waals surface area contributed by atoms with Crippen LogP contribution in [0.15, 0.2) is 12.3 Å². The number of nitrogens with zero attached hydrogens (tertiary/aromatic N) is 1. The monoisotopic (exact) mass is 257 g/mol. The van der Waals surface area contributed by atoms with Crippen LogP contribution >= 0.6 is 11.6 Å². The van der Waals surface area contributed by atoms with Crippen LogP contribution in [0.2, 0.25) is 5.02 Å². The van der Waals surface area contributed by atoms with Gasteiger partial charge in [0, 0.05) is 18.3 Å². The SMILES string of the molecule is NC1CCCCCC1Nc1ncc(Cl)cc1F. The first-order valence-corrected chi connectivity index (χ1v) is 6.38. The minimum Gasteiger partial charge on any atom is -0.363 e. The summed E-state index contributed by atoms with van der Waals surface area (Å²) in [4.78, 5) is 3.96. The van der Waals surface area contributed by atoms with Crippen molar-refractivity contribution in [2.45, 2.75) is 44.2 Å². The molecule has 1 aromatic heterocycles. The highest BCUT2D eigenvalue weighted by molar-refractivity contribution is 6.30. The molecule has 94 valence electrons. The van der Waals surface area contributed by atoms with Gasteiger partial charge < -0.3 is 11.1 Å². The summed E-state index contributed by atoms with van der Waals surface area (Å²) >= 11 is 5.66. The first-order chi connectivity index (χ1) is 8.16. The highest BCUT2D eigenvalue weighted by Gasteiger charge is 2.21. The zero-order valence-electron chi connectivity index (χ0n) is 9.63. The van der Waals surface area contributed by atoms with E-state index in [1.165, 1.54) is 18.7 Å². The Balaban J connectivity index is 2.08. The standard InChI is InChI=1S/C12H17ClFN3/c13-8-6-9(14)12(16-7-8)17-11-5-3-1-2-4-10(11)15/h6-7,10-11H,1-5,15H2,(H,16,17). The minimum atomic E-state index is -0.422. The summed E-state index contributed by atoms with van der Waals surface area (Å²) in [5.41, 5.74) is 6.07. The zero-order chi connectivity index (χ0) is 12.3. The molecule has 17 heavy (non-hydrogen) atoms. The first kappa shape index (κ1) is 12.6. The molecular formula is C12H17ClFN3. The number of halogens is 2. The van der Waals surface area contributed by atoms with Gasteiger partial charge in [-0.3, -0.25) is 0 Å². The van der Waals surface area contributed by atoms with Crippen LogP contribution in [0.3, 0.4) is 0 Å². The Morgan fingerprint density at radius 2 is 2.12 bits per heavy atom. The lowest BCUT2D eigenvalue weighted by atomic mass is 10.0. The fourth-order valence-electron chi connectivity index (χ4n) is 2.21. The summed E-state index contributed by atoms with van der Waals surface area (Å²) in [6.45, 7) is 0. The van der Waals surface area contributed by atoms with Crippen LogP contribution in [0.5, 0.6) is 0 Å². The number of nitrogens with two attached hydrogens (primary N) is 1. The maximum Gasteiger partial charge on any atom is 0.166 e. The fourth-order valence-corrected chi connectivity index (χ4v) is 2.36. The lowest BCUT2D eigenvalue weighted by Gasteiger charge is -2.23. The summed E-state index contributed by atoms with van der Waals surface area (Å²) in [6.07, 6.45) is 6.85. The van der Waals surface area contributed by atoms with E-state index in [0.717, 1.165) is 25.7 Å². The van der Waals surface area contributed by atoms with Gasteiger partial charge in [0.2, 0.25) is 0 Å². The van der Waals surface area contributed by atoms with Gasteiger partial charge >= 0.3 is 0 Å². The average molecular weight is 258 g/mol. The molecule has 3 N–H and O–H groups in total. The van der Waals surface area contributed by atoms with Gasteiger partial charge in [-0.25, -0.2) is 9.37 Å². The second kappa shape index (κ2) is 5.65. The maximum atomic E-state index is 13.6. The minimum absolute atomic E-state index is 0.0642. The predicted molar refractivity (Wildman–Crippen MR) is 67.7 cm³/mol. The van der Waals surface area contributed by atoms with Crippen molar-refractivity contribution in [3.63, 3.8) is 0 Å². The zero-order valence-corrected chi connectivity index (χ0v) is 10.4. The Morgan fingerprint density at radius 1 is 1.35 bits per heavy atom. The van der Waals surface area contributed by atoms with Crippen molar-refractivity contribution >= 4 is 17.4 Å². The predicted octanol–water partition coefficient (Wildman–Crippen LogP) is 2.95. The second-order valence-electron chi connectivity index (χ2n) is 4.54. The number of hydrogen-bond acceptors (Lipinski definition) is 3. The van der Waals surface area contributed by atoms with E-state index < -0.39 is 5.82 Å². The van der Waals surface area contributed by atoms with Crippen molar-refractivity contribution in [1.82, 2.24) is 4.98 Å². The molecule has 2 unspecified atom stereocenters. The van der Waals surface area contributed by atoms with E-state index in [1.807, 2.05) is 0 Å². The summed E-state index contributed by atoms with van der Waals surface area (Å²) in [5, 5.41) is 3.40. The van der Waals surface area contributed by atoms with Crippen LogP contribution in [0.4, 0.5) is 10.2 Å². The Morgan fingerprint density at radius 3 is 2.88 bits per heavy atom. The number of hydrogen-bond donors (Lipinski definition) is 2. The molecular weight excluding hydrogens is 241 g/mol. The first-order valence-electron chi connectivity index (χ1n) is 6.00. The molecule has 1 fully saturated rings. The molecule has 0 aliphatic heterocycles. The smallest absolute Gasteiger partial charge is 0.166 e. The highest BCUT2D eigenvalue weighted by atomic mass is 35.5. The lowest BCUT2D eigenvalue weighted by Crippen LogP contribution is -2.39. The normalized spacial score (nSPS) is 25.4. The molecule has 0 radical (unpaired) electrons. The Kier molecular flexibility index (Phi) is 4.18. The number of pyridine rings is 1. The summed E-state index contributed by atoms with van der Waals surface area (Å²) in [6, 6.07) is 1.43. The van der Waals surface area contributed by atoms with Crippen LogP contribution in [0.1, 0.15) is 32.1 Å². The molecule has 1 heterocycles. The molecule has 1 saturated carbocycles. The summed E-state index contributed by atoms with van der Waals surface area (Å²) in [7, 11) is 0. The number of anilines is 1. The summed E-state index contributed by atoms with van der Waals surface area (Å²) in [5.74, 6) is -0.175. The molecule has 0 saturated heterocycles. The van der Waals surface area contributed by atoms with E-state index in [0.29, 0.717) is 5.02 Å². The third kappa shape index (κ3) is 3.30. The quantitative estimate of drug-likeness (QED) is 0.801. The number of aromatic nitrogens is 1. The maximum absolute atomic E-state index is 13.6. The Bertz CT molecular complexity index is 386. The van der Waals surface area contributed by atoms with Gasteiger partial charge in [-0.2, -0.15) is 0 Å². The van der Waals surface area contributed by atoms with Crippen LogP contribution in [0.25, 0.3) is 0 Å². The Hall–Kier alpha value is -0.870. The molecule has 2 atom stereocenters. The van der Waals surface area contributed by atoms with Crippen molar-refractivity contribution in [1.29, 1.82) is 0 Å². The van der Waals surface area contributed by atoms with Crippen molar-refractivity contribution in [3.05, 3.63) is 23.1 Å². The number of rotatable bonds is 2. The molecule has 0 aromatic carbocycles. The third-order valence-electron chi connectivity index (χ3n) is 3.20. The molecule has 1 aromatic rings. The van der Waals surface area contributed by atoms with E-state index >= 15 is 0 Å². The fraction of sp³-hybridized carbons (Fsp3) is 0.583. The van der Waals surface area contributed by atoms with E-state index in [4.69, 9.17) is 17.3 Å². The van der Waals surface area contributed by atoms with E-state index in [9.17, 15) is 4.39 Å². The molecule has 0 spiro atoms. The van der Waals surface area contributed by atoms with E-state index in [-0.39, 0.29) is 17.9 Å². The van der Waals surface area contributed by atoms with Gasteiger partial charge in [-0.05, 0) is 18.9 Å². The topological polar surface area (TPSA) is 50.9 Å². The van der Waals surface area contributed by atoms with Gasteiger partial charge in [0.05, 0.1) is 5.02 Å². The molecule has 5 heteroatoms. The van der Waals surface area contributed by atoms with Crippen LogP contribution < -0.4 is 11.1 Å². The van der Waals surface area contributed by atoms with Crippen LogP contribution in [-0.2, 0) is 0 Å². The van der Waals surface area contributed by atoms with Gasteiger partial charge in [0.15, 0.2) is 11.6 Å². The molecule has 0 bridgehead atoms. The highest BCUT2D eigenvalue weighted by Crippen LogP contribution is 2.22. The number of nitrogens with one attached hydrogen (secondary N) is 1.